The number of hydrogen-bond acceptors (Lipinski definition) is 2. The molecule has 0 aliphatic heterocycles. The molecule has 0 bridgehead atoms. The number of hydrogen-bond donors (Lipinski definition) is 1. The number of aromatic nitrogens is 2. The predicted molar refractivity (Wildman–Crippen MR) is 87.7 cm³/mol. The second-order valence-electron chi connectivity index (χ2n) is 6.35. The van der Waals surface area contributed by atoms with Crippen LogP contribution in [-0.4, -0.2) is 21.0 Å². The van der Waals surface area contributed by atoms with Crippen LogP contribution in [-0.2, 0) is 19.4 Å². The Hall–Kier alpha value is -0.540. The van der Waals surface area contributed by atoms with E-state index in [1.165, 1.54) is 19.3 Å². The second-order valence-corrected chi connectivity index (χ2v) is 6.73. The molecular formula is C17H29ClN2O. The number of aliphatic hydroxyl groups excluding tert-OH is 1. The van der Waals surface area contributed by atoms with Crippen LogP contribution in [0.15, 0.2) is 0 Å². The van der Waals surface area contributed by atoms with Gasteiger partial charge in [-0.25, -0.2) is 0 Å². The van der Waals surface area contributed by atoms with Gasteiger partial charge in [0, 0.05) is 13.0 Å². The molecule has 1 aromatic rings. The highest BCUT2D eigenvalue weighted by atomic mass is 35.5. The number of nitrogens with zero attached hydrogens (tertiary/aromatic N) is 2. The molecular weight excluding hydrogens is 284 g/mol. The van der Waals surface area contributed by atoms with Gasteiger partial charge in [-0.15, -0.1) is 0 Å². The van der Waals surface area contributed by atoms with E-state index < -0.39 is 0 Å². The van der Waals surface area contributed by atoms with Crippen molar-refractivity contribution in [2.45, 2.75) is 78.4 Å². The van der Waals surface area contributed by atoms with Crippen LogP contribution in [0.25, 0.3) is 0 Å². The maximum Gasteiger partial charge on any atom is 0.0850 e. The molecule has 0 saturated heterocycles. The fraction of sp³-hybridized carbons (Fsp3) is 0.824. The number of aliphatic hydroxyl groups is 1. The minimum Gasteiger partial charge on any atom is -0.392 e. The summed E-state index contributed by atoms with van der Waals surface area (Å²) in [5, 5.41) is 16.0. The van der Waals surface area contributed by atoms with Crippen LogP contribution in [0.2, 0.25) is 5.02 Å². The fourth-order valence-corrected chi connectivity index (χ4v) is 3.98. The van der Waals surface area contributed by atoms with Crippen LogP contribution in [0, 0.1) is 11.8 Å². The molecule has 21 heavy (non-hydrogen) atoms. The minimum absolute atomic E-state index is 0.288. The lowest BCUT2D eigenvalue weighted by atomic mass is 9.77. The maximum absolute atomic E-state index is 10.7. The van der Waals surface area contributed by atoms with Gasteiger partial charge in [-0.2, -0.15) is 5.10 Å². The van der Waals surface area contributed by atoms with Gasteiger partial charge >= 0.3 is 0 Å². The van der Waals surface area contributed by atoms with Gasteiger partial charge in [0.2, 0.25) is 0 Å². The Morgan fingerprint density at radius 1 is 1.33 bits per heavy atom. The van der Waals surface area contributed by atoms with Gasteiger partial charge in [-0.1, -0.05) is 44.7 Å². The molecule has 1 fully saturated rings. The van der Waals surface area contributed by atoms with E-state index in [1.807, 2.05) is 4.68 Å². The molecule has 3 unspecified atom stereocenters. The van der Waals surface area contributed by atoms with E-state index >= 15 is 0 Å². The molecule has 0 spiro atoms. The Balaban J connectivity index is 2.08. The predicted octanol–water partition coefficient (Wildman–Crippen LogP) is 4.24. The van der Waals surface area contributed by atoms with Gasteiger partial charge in [-0.05, 0) is 38.0 Å². The van der Waals surface area contributed by atoms with E-state index in [-0.39, 0.29) is 6.10 Å². The molecule has 2 rings (SSSR count). The molecule has 0 aromatic carbocycles. The van der Waals surface area contributed by atoms with E-state index in [0.29, 0.717) is 12.3 Å². The van der Waals surface area contributed by atoms with E-state index in [4.69, 9.17) is 11.6 Å². The summed E-state index contributed by atoms with van der Waals surface area (Å²) >= 11 is 6.45. The quantitative estimate of drug-likeness (QED) is 0.853. The molecule has 1 heterocycles. The number of aryl methyl sites for hydroxylation is 2. The Bertz CT molecular complexity index is 458. The highest BCUT2D eigenvalue weighted by molar-refractivity contribution is 6.31. The molecule has 4 heteroatoms. The summed E-state index contributed by atoms with van der Waals surface area (Å²) in [6.45, 7) is 7.22. The molecule has 1 aliphatic carbocycles. The lowest BCUT2D eigenvalue weighted by molar-refractivity contribution is 0.0669. The monoisotopic (exact) mass is 312 g/mol. The third-order valence-electron chi connectivity index (χ3n) is 5.04. The van der Waals surface area contributed by atoms with Crippen molar-refractivity contribution >= 4 is 11.6 Å². The molecule has 120 valence electrons. The van der Waals surface area contributed by atoms with Crippen molar-refractivity contribution < 1.29 is 5.11 Å². The van der Waals surface area contributed by atoms with Crippen molar-refractivity contribution in [2.75, 3.05) is 0 Å². The van der Waals surface area contributed by atoms with E-state index in [0.717, 1.165) is 48.1 Å². The first-order valence-corrected chi connectivity index (χ1v) is 8.90. The molecule has 3 atom stereocenters. The van der Waals surface area contributed by atoms with Crippen molar-refractivity contribution in [2.24, 2.45) is 11.8 Å². The highest BCUT2D eigenvalue weighted by Gasteiger charge is 2.28. The first-order valence-electron chi connectivity index (χ1n) is 8.52. The summed E-state index contributed by atoms with van der Waals surface area (Å²) in [5.41, 5.74) is 1.97. The fourth-order valence-electron chi connectivity index (χ4n) is 3.63. The molecule has 3 nitrogen and oxygen atoms in total. The number of rotatable bonds is 6. The molecule has 0 amide bonds. The van der Waals surface area contributed by atoms with E-state index in [2.05, 4.69) is 25.9 Å². The smallest absolute Gasteiger partial charge is 0.0850 e. The zero-order valence-electron chi connectivity index (χ0n) is 13.6. The number of halogens is 1. The largest absolute Gasteiger partial charge is 0.392 e. The molecule has 0 radical (unpaired) electrons. The summed E-state index contributed by atoms with van der Waals surface area (Å²) in [6, 6.07) is 0. The molecule has 1 N–H and O–H groups in total. The van der Waals surface area contributed by atoms with Crippen molar-refractivity contribution in [1.82, 2.24) is 9.78 Å². The van der Waals surface area contributed by atoms with Crippen LogP contribution in [0.3, 0.4) is 0 Å². The maximum atomic E-state index is 10.7. The summed E-state index contributed by atoms with van der Waals surface area (Å²) in [4.78, 5) is 0. The Morgan fingerprint density at radius 3 is 2.71 bits per heavy atom. The van der Waals surface area contributed by atoms with Gasteiger partial charge in [-0.3, -0.25) is 4.68 Å². The summed E-state index contributed by atoms with van der Waals surface area (Å²) in [5.74, 6) is 1.21. The summed E-state index contributed by atoms with van der Waals surface area (Å²) in [6.07, 6.45) is 7.32. The van der Waals surface area contributed by atoms with Crippen LogP contribution in [0.5, 0.6) is 0 Å². The van der Waals surface area contributed by atoms with Crippen LogP contribution in [0.1, 0.15) is 64.3 Å². The SMILES string of the molecule is CCc1nn(CC)c(CC(O)C2CCCC(CC)C2)c1Cl. The van der Waals surface area contributed by atoms with Gasteiger partial charge in [0.1, 0.15) is 0 Å². The Morgan fingerprint density at radius 2 is 2.10 bits per heavy atom. The van der Waals surface area contributed by atoms with Gasteiger partial charge < -0.3 is 5.11 Å². The zero-order chi connectivity index (χ0) is 15.4. The van der Waals surface area contributed by atoms with Crippen LogP contribution in [0.4, 0.5) is 0 Å². The van der Waals surface area contributed by atoms with Crippen molar-refractivity contribution in [3.63, 3.8) is 0 Å². The summed E-state index contributed by atoms with van der Waals surface area (Å²) < 4.78 is 1.96. The van der Waals surface area contributed by atoms with Crippen molar-refractivity contribution in [1.29, 1.82) is 0 Å². The van der Waals surface area contributed by atoms with Gasteiger partial charge in [0.15, 0.2) is 0 Å². The first-order chi connectivity index (χ1) is 10.1. The third kappa shape index (κ3) is 3.81. The van der Waals surface area contributed by atoms with Gasteiger partial charge in [0.25, 0.3) is 0 Å². The normalized spacial score (nSPS) is 24.2. The summed E-state index contributed by atoms with van der Waals surface area (Å²) in [7, 11) is 0. The van der Waals surface area contributed by atoms with Crippen molar-refractivity contribution in [3.05, 3.63) is 16.4 Å². The standard InChI is InChI=1S/C17H29ClN2O/c1-4-12-8-7-9-13(10-12)16(21)11-15-17(18)14(5-2)19-20(15)6-3/h12-13,16,21H,4-11H2,1-3H3. The average Bonchev–Trinajstić information content (AvgIpc) is 2.83. The second kappa shape index (κ2) is 7.64. The van der Waals surface area contributed by atoms with E-state index in [9.17, 15) is 5.11 Å². The first kappa shape index (κ1) is 16.8. The topological polar surface area (TPSA) is 38.0 Å². The average molecular weight is 313 g/mol. The molecule has 1 aliphatic rings. The van der Waals surface area contributed by atoms with E-state index in [1.54, 1.807) is 0 Å². The van der Waals surface area contributed by atoms with Crippen LogP contribution < -0.4 is 0 Å². The lowest BCUT2D eigenvalue weighted by Crippen LogP contribution is -2.29. The van der Waals surface area contributed by atoms with Crippen LogP contribution >= 0.6 is 11.6 Å². The highest BCUT2D eigenvalue weighted by Crippen LogP contribution is 2.34. The molecule has 1 saturated carbocycles. The van der Waals surface area contributed by atoms with Crippen molar-refractivity contribution in [3.8, 4) is 0 Å². The Kier molecular flexibility index (Phi) is 6.12. The Labute approximate surface area is 133 Å². The third-order valence-corrected chi connectivity index (χ3v) is 5.48. The lowest BCUT2D eigenvalue weighted by Gasteiger charge is -2.31. The van der Waals surface area contributed by atoms with Gasteiger partial charge in [0.05, 0.1) is 22.5 Å². The minimum atomic E-state index is -0.288. The molecule has 1 aromatic heterocycles. The zero-order valence-corrected chi connectivity index (χ0v) is 14.4.